The second-order valence-corrected chi connectivity index (χ2v) is 6.13. The van der Waals surface area contributed by atoms with Crippen LogP contribution < -0.4 is 0 Å². The molecule has 0 aromatic rings. The largest absolute Gasteiger partial charge is 0.393 e. The molecular weight excluding hydrogens is 184 g/mol. The van der Waals surface area contributed by atoms with Crippen LogP contribution in [0.3, 0.4) is 0 Å². The van der Waals surface area contributed by atoms with Gasteiger partial charge in [0.2, 0.25) is 0 Å². The Labute approximate surface area is 93.3 Å². The van der Waals surface area contributed by atoms with E-state index in [9.17, 15) is 5.11 Å². The van der Waals surface area contributed by atoms with Crippen LogP contribution in [-0.4, -0.2) is 11.2 Å². The van der Waals surface area contributed by atoms with Gasteiger partial charge in [-0.25, -0.2) is 0 Å². The van der Waals surface area contributed by atoms with Crippen molar-refractivity contribution in [2.45, 2.75) is 58.0 Å². The summed E-state index contributed by atoms with van der Waals surface area (Å²) in [5, 5.41) is 10.2. The van der Waals surface area contributed by atoms with Gasteiger partial charge in [0.05, 0.1) is 6.10 Å². The zero-order valence-corrected chi connectivity index (χ0v) is 9.86. The Hall–Kier alpha value is -0.0400. The van der Waals surface area contributed by atoms with Gasteiger partial charge in [0.25, 0.3) is 0 Å². The smallest absolute Gasteiger partial charge is 0.0574 e. The standard InChI is InChI=1S/C14H24O/c1-2-3-4-5-11(15)14-12-9-6-7-10(8-9)13(12)14/h9-15H,2-8H2,1H3. The maximum Gasteiger partial charge on any atom is 0.0574 e. The van der Waals surface area contributed by atoms with E-state index in [0.717, 1.165) is 36.0 Å². The molecule has 3 aliphatic carbocycles. The average Bonchev–Trinajstić information content (AvgIpc) is 2.68. The van der Waals surface area contributed by atoms with Crippen LogP contribution in [0.15, 0.2) is 0 Å². The van der Waals surface area contributed by atoms with Gasteiger partial charge in [-0.05, 0) is 55.3 Å². The van der Waals surface area contributed by atoms with Gasteiger partial charge in [-0.15, -0.1) is 0 Å². The Bertz CT molecular complexity index is 221. The lowest BCUT2D eigenvalue weighted by Gasteiger charge is -2.14. The average molecular weight is 208 g/mol. The van der Waals surface area contributed by atoms with Crippen molar-refractivity contribution in [3.8, 4) is 0 Å². The monoisotopic (exact) mass is 208 g/mol. The molecular formula is C14H24O. The molecule has 0 saturated heterocycles. The summed E-state index contributed by atoms with van der Waals surface area (Å²) >= 11 is 0. The van der Waals surface area contributed by atoms with Crippen molar-refractivity contribution in [2.75, 3.05) is 0 Å². The molecule has 3 saturated carbocycles. The van der Waals surface area contributed by atoms with Crippen LogP contribution in [-0.2, 0) is 0 Å². The maximum atomic E-state index is 10.2. The molecule has 0 aromatic heterocycles. The molecule has 0 aromatic carbocycles. The minimum Gasteiger partial charge on any atom is -0.393 e. The molecule has 5 atom stereocenters. The molecule has 1 heteroatoms. The first-order valence-corrected chi connectivity index (χ1v) is 7.01. The third-order valence-corrected chi connectivity index (χ3v) is 5.34. The van der Waals surface area contributed by atoms with E-state index in [-0.39, 0.29) is 6.10 Å². The number of aliphatic hydroxyl groups is 1. The Balaban J connectivity index is 1.49. The molecule has 0 aliphatic heterocycles. The van der Waals surface area contributed by atoms with E-state index in [2.05, 4.69) is 6.92 Å². The fourth-order valence-corrected chi connectivity index (χ4v) is 4.70. The summed E-state index contributed by atoms with van der Waals surface area (Å²) in [5.41, 5.74) is 0. The van der Waals surface area contributed by atoms with Crippen molar-refractivity contribution >= 4 is 0 Å². The third kappa shape index (κ3) is 1.54. The topological polar surface area (TPSA) is 20.2 Å². The van der Waals surface area contributed by atoms with Crippen molar-refractivity contribution in [1.82, 2.24) is 0 Å². The van der Waals surface area contributed by atoms with Crippen LogP contribution >= 0.6 is 0 Å². The lowest BCUT2D eigenvalue weighted by Crippen LogP contribution is -2.15. The fourth-order valence-electron chi connectivity index (χ4n) is 4.70. The summed E-state index contributed by atoms with van der Waals surface area (Å²) in [6, 6.07) is 0. The van der Waals surface area contributed by atoms with Gasteiger partial charge in [0.1, 0.15) is 0 Å². The fraction of sp³-hybridized carbons (Fsp3) is 1.00. The van der Waals surface area contributed by atoms with Gasteiger partial charge in [-0.3, -0.25) is 0 Å². The second-order valence-electron chi connectivity index (χ2n) is 6.13. The highest BCUT2D eigenvalue weighted by molar-refractivity contribution is 5.14. The van der Waals surface area contributed by atoms with Crippen molar-refractivity contribution in [1.29, 1.82) is 0 Å². The number of unbranched alkanes of at least 4 members (excludes halogenated alkanes) is 2. The summed E-state index contributed by atoms with van der Waals surface area (Å²) in [4.78, 5) is 0. The number of rotatable bonds is 5. The summed E-state index contributed by atoms with van der Waals surface area (Å²) in [6.07, 6.45) is 9.40. The molecule has 3 fully saturated rings. The van der Waals surface area contributed by atoms with Crippen LogP contribution in [0.25, 0.3) is 0 Å². The number of hydrogen-bond acceptors (Lipinski definition) is 1. The zero-order valence-electron chi connectivity index (χ0n) is 9.86. The first kappa shape index (κ1) is 10.1. The first-order chi connectivity index (χ1) is 7.33. The van der Waals surface area contributed by atoms with Crippen LogP contribution in [0.1, 0.15) is 51.9 Å². The molecule has 0 spiro atoms. The van der Waals surface area contributed by atoms with E-state index in [4.69, 9.17) is 0 Å². The predicted octanol–water partition coefficient (Wildman–Crippen LogP) is 3.22. The minimum absolute atomic E-state index is 0.0509. The molecule has 3 aliphatic rings. The molecule has 2 bridgehead atoms. The molecule has 0 amide bonds. The van der Waals surface area contributed by atoms with Crippen LogP contribution in [0, 0.1) is 29.6 Å². The Morgan fingerprint density at radius 3 is 2.40 bits per heavy atom. The van der Waals surface area contributed by atoms with Crippen LogP contribution in [0.5, 0.6) is 0 Å². The van der Waals surface area contributed by atoms with Gasteiger partial charge < -0.3 is 5.11 Å². The number of hydrogen-bond donors (Lipinski definition) is 1. The Kier molecular flexibility index (Phi) is 2.54. The van der Waals surface area contributed by atoms with Crippen molar-refractivity contribution in [3.63, 3.8) is 0 Å². The van der Waals surface area contributed by atoms with Crippen LogP contribution in [0.4, 0.5) is 0 Å². The molecule has 15 heavy (non-hydrogen) atoms. The van der Waals surface area contributed by atoms with E-state index in [0.29, 0.717) is 0 Å². The van der Waals surface area contributed by atoms with Crippen molar-refractivity contribution in [3.05, 3.63) is 0 Å². The van der Waals surface area contributed by atoms with Gasteiger partial charge in [-0.1, -0.05) is 26.2 Å². The molecule has 86 valence electrons. The molecule has 1 nitrogen and oxygen atoms in total. The molecule has 0 heterocycles. The first-order valence-electron chi connectivity index (χ1n) is 7.01. The zero-order chi connectivity index (χ0) is 10.4. The Morgan fingerprint density at radius 1 is 1.13 bits per heavy atom. The predicted molar refractivity (Wildman–Crippen MR) is 61.4 cm³/mol. The van der Waals surface area contributed by atoms with Gasteiger partial charge >= 0.3 is 0 Å². The molecule has 0 radical (unpaired) electrons. The minimum atomic E-state index is 0.0509. The summed E-state index contributed by atoms with van der Waals surface area (Å²) in [7, 11) is 0. The maximum absolute atomic E-state index is 10.2. The third-order valence-electron chi connectivity index (χ3n) is 5.34. The van der Waals surface area contributed by atoms with Gasteiger partial charge in [0, 0.05) is 0 Å². The lowest BCUT2D eigenvalue weighted by atomic mass is 9.96. The number of fused-ring (bicyclic) bond motifs is 5. The van der Waals surface area contributed by atoms with E-state index < -0.39 is 0 Å². The van der Waals surface area contributed by atoms with Crippen LogP contribution in [0.2, 0.25) is 0 Å². The normalized spacial score (nSPS) is 48.0. The van der Waals surface area contributed by atoms with E-state index in [1.54, 1.807) is 0 Å². The highest BCUT2D eigenvalue weighted by atomic mass is 16.3. The van der Waals surface area contributed by atoms with E-state index >= 15 is 0 Å². The highest BCUT2D eigenvalue weighted by Gasteiger charge is 2.66. The highest BCUT2D eigenvalue weighted by Crippen LogP contribution is 2.70. The quantitative estimate of drug-likeness (QED) is 0.688. The van der Waals surface area contributed by atoms with Gasteiger partial charge in [-0.2, -0.15) is 0 Å². The summed E-state index contributed by atoms with van der Waals surface area (Å²) in [6.45, 7) is 2.23. The summed E-state index contributed by atoms with van der Waals surface area (Å²) in [5.74, 6) is 4.69. The van der Waals surface area contributed by atoms with E-state index in [1.165, 1.54) is 38.5 Å². The van der Waals surface area contributed by atoms with Crippen molar-refractivity contribution < 1.29 is 5.11 Å². The molecule has 5 unspecified atom stereocenters. The van der Waals surface area contributed by atoms with Gasteiger partial charge in [0.15, 0.2) is 0 Å². The molecule has 1 N–H and O–H groups in total. The van der Waals surface area contributed by atoms with Crippen molar-refractivity contribution in [2.24, 2.45) is 29.6 Å². The molecule has 3 rings (SSSR count). The SMILES string of the molecule is CCCCCC(O)C1C2C3CCC(C3)C12. The van der Waals surface area contributed by atoms with E-state index in [1.807, 2.05) is 0 Å². The summed E-state index contributed by atoms with van der Waals surface area (Å²) < 4.78 is 0. The number of aliphatic hydroxyl groups excluding tert-OH is 1. The second kappa shape index (κ2) is 3.76. The Morgan fingerprint density at radius 2 is 1.80 bits per heavy atom. The lowest BCUT2D eigenvalue weighted by molar-refractivity contribution is 0.116.